The SMILES string of the molecule is CCC#CCOc1ccc(S(=O)(=O)N2Cc3ccccc3N(C(=O)c3cccnc3)CC2C(=O)OC)cc1. The van der Waals surface area contributed by atoms with E-state index in [1.54, 1.807) is 42.6 Å². The Morgan fingerprint density at radius 1 is 1.05 bits per heavy atom. The molecular formula is C28H27N3O6S. The molecule has 3 aromatic rings. The van der Waals surface area contributed by atoms with E-state index < -0.39 is 27.9 Å². The van der Waals surface area contributed by atoms with Crippen LogP contribution < -0.4 is 9.64 Å². The summed E-state index contributed by atoms with van der Waals surface area (Å²) in [4.78, 5) is 31.9. The predicted octanol–water partition coefficient (Wildman–Crippen LogP) is 3.27. The highest BCUT2D eigenvalue weighted by Gasteiger charge is 2.42. The zero-order chi connectivity index (χ0) is 27.1. The summed E-state index contributed by atoms with van der Waals surface area (Å²) in [6.45, 7) is 1.74. The number of carbonyl (C=O) groups is 2. The molecule has 10 heteroatoms. The third kappa shape index (κ3) is 5.69. The van der Waals surface area contributed by atoms with Gasteiger partial charge >= 0.3 is 5.97 Å². The van der Waals surface area contributed by atoms with Gasteiger partial charge in [0, 0.05) is 31.0 Å². The summed E-state index contributed by atoms with van der Waals surface area (Å²) < 4.78 is 39.4. The van der Waals surface area contributed by atoms with Crippen LogP contribution in [0.3, 0.4) is 0 Å². The molecule has 1 atom stereocenters. The van der Waals surface area contributed by atoms with E-state index in [9.17, 15) is 18.0 Å². The van der Waals surface area contributed by atoms with Crippen molar-refractivity contribution in [3.63, 3.8) is 0 Å². The summed E-state index contributed by atoms with van der Waals surface area (Å²) in [7, 11) is -3.01. The molecule has 0 spiro atoms. The van der Waals surface area contributed by atoms with E-state index in [1.165, 1.54) is 42.5 Å². The van der Waals surface area contributed by atoms with E-state index in [2.05, 4.69) is 16.8 Å². The zero-order valence-corrected chi connectivity index (χ0v) is 21.8. The summed E-state index contributed by atoms with van der Waals surface area (Å²) in [5.41, 5.74) is 1.38. The number of hydrogen-bond acceptors (Lipinski definition) is 7. The van der Waals surface area contributed by atoms with Crippen LogP contribution in [0.5, 0.6) is 5.75 Å². The first-order chi connectivity index (χ1) is 18.4. The Morgan fingerprint density at radius 3 is 2.50 bits per heavy atom. The quantitative estimate of drug-likeness (QED) is 0.354. The third-order valence-electron chi connectivity index (χ3n) is 5.98. The monoisotopic (exact) mass is 533 g/mol. The van der Waals surface area contributed by atoms with Gasteiger partial charge in [-0.25, -0.2) is 8.42 Å². The Balaban J connectivity index is 1.72. The maximum atomic E-state index is 13.9. The molecule has 1 aromatic heterocycles. The van der Waals surface area contributed by atoms with E-state index in [0.29, 0.717) is 29.0 Å². The molecular weight excluding hydrogens is 506 g/mol. The molecule has 1 amide bonds. The van der Waals surface area contributed by atoms with Gasteiger partial charge in [0.1, 0.15) is 18.4 Å². The van der Waals surface area contributed by atoms with Crippen molar-refractivity contribution in [1.82, 2.24) is 9.29 Å². The number of aromatic nitrogens is 1. The summed E-state index contributed by atoms with van der Waals surface area (Å²) >= 11 is 0. The molecule has 0 bridgehead atoms. The number of carbonyl (C=O) groups excluding carboxylic acids is 2. The number of pyridine rings is 1. The Labute approximate surface area is 222 Å². The van der Waals surface area contributed by atoms with Gasteiger partial charge in [-0.15, -0.1) is 5.92 Å². The van der Waals surface area contributed by atoms with E-state index in [0.717, 1.165) is 4.31 Å². The number of rotatable bonds is 6. The minimum absolute atomic E-state index is 0.0251. The number of sulfonamides is 1. The standard InChI is InChI=1S/C28H27N3O6S/c1-3-4-7-17-37-23-12-14-24(15-13-23)38(34,35)31-19-22-9-5-6-11-25(22)30(20-26(31)28(33)36-2)27(32)21-10-8-16-29-18-21/h5-6,8-16,18,26H,3,17,19-20H2,1-2H3. The molecule has 0 N–H and O–H groups in total. The Bertz CT molecular complexity index is 1460. The molecule has 0 saturated carbocycles. The second-order valence-corrected chi connectivity index (χ2v) is 10.2. The molecule has 1 aliphatic heterocycles. The van der Waals surface area contributed by atoms with Gasteiger partial charge < -0.3 is 14.4 Å². The number of methoxy groups -OCH3 is 1. The normalized spacial score (nSPS) is 15.4. The number of benzene rings is 2. The molecule has 1 unspecified atom stereocenters. The highest BCUT2D eigenvalue weighted by atomic mass is 32.2. The predicted molar refractivity (Wildman–Crippen MR) is 141 cm³/mol. The fourth-order valence-electron chi connectivity index (χ4n) is 4.11. The van der Waals surface area contributed by atoms with Crippen molar-refractivity contribution in [3.05, 3.63) is 84.2 Å². The van der Waals surface area contributed by atoms with Gasteiger partial charge in [0.2, 0.25) is 10.0 Å². The van der Waals surface area contributed by atoms with Crippen molar-refractivity contribution < 1.29 is 27.5 Å². The van der Waals surface area contributed by atoms with Gasteiger partial charge in [-0.3, -0.25) is 14.6 Å². The van der Waals surface area contributed by atoms with Gasteiger partial charge in [0.25, 0.3) is 5.91 Å². The van der Waals surface area contributed by atoms with Crippen LogP contribution in [0.2, 0.25) is 0 Å². The first-order valence-corrected chi connectivity index (χ1v) is 13.4. The van der Waals surface area contributed by atoms with Gasteiger partial charge in [-0.05, 0) is 48.0 Å². The molecule has 4 rings (SSSR count). The van der Waals surface area contributed by atoms with E-state index in [4.69, 9.17) is 9.47 Å². The van der Waals surface area contributed by atoms with E-state index in [-0.39, 0.29) is 24.6 Å². The second-order valence-electron chi connectivity index (χ2n) is 8.34. The van der Waals surface area contributed by atoms with E-state index >= 15 is 0 Å². The van der Waals surface area contributed by atoms with E-state index in [1.807, 2.05) is 6.92 Å². The smallest absolute Gasteiger partial charge is 0.326 e. The van der Waals surface area contributed by atoms with Crippen LogP contribution in [-0.4, -0.2) is 55.9 Å². The lowest BCUT2D eigenvalue weighted by molar-refractivity contribution is -0.144. The number of amides is 1. The highest BCUT2D eigenvalue weighted by Crippen LogP contribution is 2.32. The fourth-order valence-corrected chi connectivity index (χ4v) is 5.65. The molecule has 9 nitrogen and oxygen atoms in total. The average Bonchev–Trinajstić information content (AvgIpc) is 3.13. The zero-order valence-electron chi connectivity index (χ0n) is 21.0. The van der Waals surface area contributed by atoms with Crippen LogP contribution in [0.15, 0.2) is 78.0 Å². The lowest BCUT2D eigenvalue weighted by Gasteiger charge is -2.29. The summed E-state index contributed by atoms with van der Waals surface area (Å²) in [6.07, 6.45) is 3.69. The van der Waals surface area contributed by atoms with Crippen LogP contribution in [0.25, 0.3) is 0 Å². The van der Waals surface area contributed by atoms with Gasteiger partial charge in [0.15, 0.2) is 0 Å². The van der Waals surface area contributed by atoms with Crippen molar-refractivity contribution in [2.24, 2.45) is 0 Å². The maximum absolute atomic E-state index is 13.9. The average molecular weight is 534 g/mol. The third-order valence-corrected chi connectivity index (χ3v) is 7.85. The first kappa shape index (κ1) is 26.9. The first-order valence-electron chi connectivity index (χ1n) is 11.9. The van der Waals surface area contributed by atoms with Gasteiger partial charge in [-0.1, -0.05) is 31.0 Å². The van der Waals surface area contributed by atoms with Crippen molar-refractivity contribution in [1.29, 1.82) is 0 Å². The number of para-hydroxylation sites is 1. The van der Waals surface area contributed by atoms with Crippen molar-refractivity contribution >= 4 is 27.6 Å². The summed E-state index contributed by atoms with van der Waals surface area (Å²) in [5.74, 6) is 5.04. The molecule has 0 aliphatic carbocycles. The van der Waals surface area contributed by atoms with Gasteiger partial charge in [-0.2, -0.15) is 4.31 Å². The number of ether oxygens (including phenoxy) is 2. The van der Waals surface area contributed by atoms with Gasteiger partial charge in [0.05, 0.1) is 24.1 Å². The Morgan fingerprint density at radius 2 is 1.82 bits per heavy atom. The van der Waals surface area contributed by atoms with Crippen LogP contribution >= 0.6 is 0 Å². The molecule has 2 aromatic carbocycles. The molecule has 38 heavy (non-hydrogen) atoms. The van der Waals surface area contributed by atoms with Crippen molar-refractivity contribution in [2.45, 2.75) is 30.8 Å². The van der Waals surface area contributed by atoms with Crippen molar-refractivity contribution in [2.75, 3.05) is 25.2 Å². The maximum Gasteiger partial charge on any atom is 0.326 e. The fraction of sp³-hybridized carbons (Fsp3) is 0.250. The van der Waals surface area contributed by atoms with Crippen molar-refractivity contribution in [3.8, 4) is 17.6 Å². The number of nitrogens with zero attached hydrogens (tertiary/aromatic N) is 3. The van der Waals surface area contributed by atoms with Crippen LogP contribution in [0.4, 0.5) is 5.69 Å². The molecule has 2 heterocycles. The second kappa shape index (κ2) is 11.9. The Hall–Kier alpha value is -4.20. The molecule has 1 aliphatic rings. The number of esters is 1. The van der Waals surface area contributed by atoms with Crippen LogP contribution in [0, 0.1) is 11.8 Å². The summed E-state index contributed by atoms with van der Waals surface area (Å²) in [6, 6.07) is 14.8. The minimum Gasteiger partial charge on any atom is -0.481 e. The summed E-state index contributed by atoms with van der Waals surface area (Å²) in [5, 5.41) is 0. The molecule has 196 valence electrons. The highest BCUT2D eigenvalue weighted by molar-refractivity contribution is 7.89. The number of fused-ring (bicyclic) bond motifs is 1. The minimum atomic E-state index is -4.19. The molecule has 0 fully saturated rings. The number of anilines is 1. The Kier molecular flexibility index (Phi) is 8.41. The van der Waals surface area contributed by atoms with Crippen LogP contribution in [0.1, 0.15) is 29.3 Å². The lowest BCUT2D eigenvalue weighted by atomic mass is 10.1. The van der Waals surface area contributed by atoms with Crippen LogP contribution in [-0.2, 0) is 26.1 Å². The molecule has 0 saturated heterocycles. The molecule has 0 radical (unpaired) electrons. The largest absolute Gasteiger partial charge is 0.481 e. The number of hydrogen-bond donors (Lipinski definition) is 0. The topological polar surface area (TPSA) is 106 Å². The lowest BCUT2D eigenvalue weighted by Crippen LogP contribution is -2.50.